The lowest BCUT2D eigenvalue weighted by molar-refractivity contribution is 0.140. The Labute approximate surface area is 113 Å². The largest absolute Gasteiger partial charge is 0.379 e. The number of alkyl halides is 1. The van der Waals surface area contributed by atoms with Crippen molar-refractivity contribution in [2.75, 3.05) is 32.7 Å². The van der Waals surface area contributed by atoms with E-state index in [1.165, 1.54) is 17.5 Å². The van der Waals surface area contributed by atoms with Gasteiger partial charge in [-0.1, -0.05) is 0 Å². The topological polar surface area (TPSA) is 64.4 Å². The maximum absolute atomic E-state index is 12.1. The second-order valence-electron chi connectivity index (χ2n) is 3.87. The van der Waals surface area contributed by atoms with E-state index in [0.717, 1.165) is 0 Å². The van der Waals surface area contributed by atoms with Crippen molar-refractivity contribution >= 4 is 21.6 Å². The molecule has 6 nitrogen and oxygen atoms in total. The van der Waals surface area contributed by atoms with Crippen LogP contribution in [0.2, 0.25) is 0 Å². The van der Waals surface area contributed by atoms with Crippen molar-refractivity contribution in [2.45, 2.75) is 11.9 Å². The smallest absolute Gasteiger partial charge is 0.261 e. The molecule has 1 rings (SSSR count). The Hall–Kier alpha value is -0.630. The monoisotopic (exact) mass is 295 g/mol. The summed E-state index contributed by atoms with van der Waals surface area (Å²) in [5.74, 6) is 1.05. The van der Waals surface area contributed by atoms with Gasteiger partial charge in [0.15, 0.2) is 5.03 Å². The lowest BCUT2D eigenvalue weighted by Crippen LogP contribution is -2.30. The van der Waals surface area contributed by atoms with Gasteiger partial charge in [-0.2, -0.15) is 4.31 Å². The first kappa shape index (κ1) is 15.4. The summed E-state index contributed by atoms with van der Waals surface area (Å²) in [5.41, 5.74) is 0. The average molecular weight is 296 g/mol. The number of aromatic nitrogens is 2. The van der Waals surface area contributed by atoms with Gasteiger partial charge in [0.25, 0.3) is 10.0 Å². The van der Waals surface area contributed by atoms with Crippen LogP contribution in [0.4, 0.5) is 0 Å². The summed E-state index contributed by atoms with van der Waals surface area (Å²) >= 11 is 5.45. The van der Waals surface area contributed by atoms with Gasteiger partial charge in [-0.3, -0.25) is 0 Å². The Kier molecular flexibility index (Phi) is 5.58. The van der Waals surface area contributed by atoms with Crippen LogP contribution in [-0.2, 0) is 21.8 Å². The summed E-state index contributed by atoms with van der Waals surface area (Å²) in [6, 6.07) is 0. The van der Waals surface area contributed by atoms with Crippen LogP contribution in [-0.4, -0.2) is 55.0 Å². The maximum atomic E-state index is 12.1. The number of likely N-dealkylation sites (N-methyl/N-ethyl adjacent to an activating group) is 1. The first-order valence-electron chi connectivity index (χ1n) is 5.49. The van der Waals surface area contributed by atoms with Gasteiger partial charge in [0.2, 0.25) is 0 Å². The minimum atomic E-state index is -3.54. The number of hydrogen-bond donors (Lipinski definition) is 0. The van der Waals surface area contributed by atoms with Crippen molar-refractivity contribution in [3.05, 3.63) is 12.0 Å². The molecule has 0 fully saturated rings. The van der Waals surface area contributed by atoms with Crippen LogP contribution in [0.3, 0.4) is 0 Å². The fraction of sp³-hybridized carbons (Fsp3) is 0.700. The van der Waals surface area contributed by atoms with E-state index < -0.39 is 10.0 Å². The minimum absolute atomic E-state index is 0.0577. The molecule has 8 heteroatoms. The highest BCUT2D eigenvalue weighted by atomic mass is 35.5. The predicted molar refractivity (Wildman–Crippen MR) is 69.3 cm³/mol. The highest BCUT2D eigenvalue weighted by molar-refractivity contribution is 7.89. The minimum Gasteiger partial charge on any atom is -0.379 e. The van der Waals surface area contributed by atoms with Crippen LogP contribution in [0.15, 0.2) is 11.2 Å². The van der Waals surface area contributed by atoms with Crippen LogP contribution < -0.4 is 0 Å². The second kappa shape index (κ2) is 6.51. The summed E-state index contributed by atoms with van der Waals surface area (Å²) < 4.78 is 32.3. The molecular formula is C10H18ClN3O3S. The molecule has 0 saturated heterocycles. The van der Waals surface area contributed by atoms with E-state index in [0.29, 0.717) is 24.9 Å². The summed E-state index contributed by atoms with van der Waals surface area (Å²) in [6.45, 7) is 2.75. The van der Waals surface area contributed by atoms with Crippen molar-refractivity contribution in [2.24, 2.45) is 7.05 Å². The number of hydrogen-bond acceptors (Lipinski definition) is 4. The van der Waals surface area contributed by atoms with Crippen LogP contribution in [0.5, 0.6) is 0 Å². The Morgan fingerprint density at radius 2 is 2.17 bits per heavy atom. The number of aryl methyl sites for hydroxylation is 2. The summed E-state index contributed by atoms with van der Waals surface area (Å²) in [4.78, 5) is 4.02. The summed E-state index contributed by atoms with van der Waals surface area (Å²) in [6.07, 6.45) is 1.50. The van der Waals surface area contributed by atoms with E-state index in [2.05, 4.69) is 4.98 Å². The van der Waals surface area contributed by atoms with Gasteiger partial charge in [0.1, 0.15) is 5.82 Å². The Bertz CT molecular complexity index is 467. The number of nitrogens with zero attached hydrogens (tertiary/aromatic N) is 3. The summed E-state index contributed by atoms with van der Waals surface area (Å²) in [5, 5.41) is 0.0577. The zero-order valence-corrected chi connectivity index (χ0v) is 12.3. The SMILES string of the molecule is Cc1nc(S(=O)(=O)N(C)CCOCCCl)cn1C. The second-order valence-corrected chi connectivity index (χ2v) is 6.23. The van der Waals surface area contributed by atoms with Crippen molar-refractivity contribution in [3.63, 3.8) is 0 Å². The third-order valence-corrected chi connectivity index (χ3v) is 4.42. The molecule has 0 N–H and O–H groups in total. The lowest BCUT2D eigenvalue weighted by atomic mass is 10.7. The molecule has 0 saturated carbocycles. The molecule has 1 heterocycles. The van der Waals surface area contributed by atoms with E-state index in [4.69, 9.17) is 16.3 Å². The van der Waals surface area contributed by atoms with Gasteiger partial charge >= 0.3 is 0 Å². The molecule has 0 aliphatic rings. The van der Waals surface area contributed by atoms with Crippen LogP contribution in [0.1, 0.15) is 5.82 Å². The fourth-order valence-corrected chi connectivity index (χ4v) is 2.56. The molecular weight excluding hydrogens is 278 g/mol. The van der Waals surface area contributed by atoms with Crippen molar-refractivity contribution in [3.8, 4) is 0 Å². The number of sulfonamides is 1. The van der Waals surface area contributed by atoms with Crippen molar-refractivity contribution in [1.82, 2.24) is 13.9 Å². The molecule has 0 spiro atoms. The van der Waals surface area contributed by atoms with Crippen molar-refractivity contribution in [1.29, 1.82) is 0 Å². The van der Waals surface area contributed by atoms with Crippen LogP contribution in [0.25, 0.3) is 0 Å². The third-order valence-electron chi connectivity index (χ3n) is 2.53. The Balaban J connectivity index is 2.68. The van der Waals surface area contributed by atoms with Gasteiger partial charge in [-0.25, -0.2) is 13.4 Å². The third kappa shape index (κ3) is 3.68. The zero-order valence-electron chi connectivity index (χ0n) is 10.8. The molecule has 1 aromatic rings. The number of halogens is 1. The van der Waals surface area contributed by atoms with Gasteiger partial charge in [-0.15, -0.1) is 11.6 Å². The molecule has 0 radical (unpaired) electrons. The Morgan fingerprint density at radius 1 is 1.50 bits per heavy atom. The van der Waals surface area contributed by atoms with Crippen LogP contribution >= 0.6 is 11.6 Å². The van der Waals surface area contributed by atoms with Gasteiger partial charge in [0.05, 0.1) is 13.2 Å². The zero-order chi connectivity index (χ0) is 13.8. The van der Waals surface area contributed by atoms with Crippen LogP contribution in [0, 0.1) is 6.92 Å². The van der Waals surface area contributed by atoms with E-state index in [9.17, 15) is 8.42 Å². The molecule has 0 unspecified atom stereocenters. The molecule has 0 atom stereocenters. The number of imidazole rings is 1. The first-order chi connectivity index (χ1) is 8.39. The summed E-state index contributed by atoms with van der Waals surface area (Å²) in [7, 11) is -0.281. The van der Waals surface area contributed by atoms with E-state index in [-0.39, 0.29) is 11.6 Å². The van der Waals surface area contributed by atoms with Gasteiger partial charge in [0, 0.05) is 32.7 Å². The van der Waals surface area contributed by atoms with Crippen molar-refractivity contribution < 1.29 is 13.2 Å². The quantitative estimate of drug-likeness (QED) is 0.546. The Morgan fingerprint density at radius 3 is 2.67 bits per heavy atom. The molecule has 0 bridgehead atoms. The molecule has 0 amide bonds. The first-order valence-corrected chi connectivity index (χ1v) is 7.47. The average Bonchev–Trinajstić information content (AvgIpc) is 2.65. The lowest BCUT2D eigenvalue weighted by Gasteiger charge is -2.15. The molecule has 0 aliphatic carbocycles. The highest BCUT2D eigenvalue weighted by Crippen LogP contribution is 2.12. The predicted octanol–water partition coefficient (Wildman–Crippen LogP) is 0.604. The van der Waals surface area contributed by atoms with E-state index in [1.807, 2.05) is 0 Å². The number of ether oxygens (including phenoxy) is 1. The number of rotatable bonds is 7. The fourth-order valence-electron chi connectivity index (χ4n) is 1.28. The molecule has 18 heavy (non-hydrogen) atoms. The molecule has 1 aromatic heterocycles. The molecule has 104 valence electrons. The standard InChI is InChI=1S/C10H18ClN3O3S/c1-9-12-10(8-13(9)2)18(15,16)14(3)5-7-17-6-4-11/h8H,4-7H2,1-3H3. The normalized spacial score (nSPS) is 12.3. The van der Waals surface area contributed by atoms with Gasteiger partial charge in [-0.05, 0) is 6.92 Å². The molecule has 0 aliphatic heterocycles. The highest BCUT2D eigenvalue weighted by Gasteiger charge is 2.23. The van der Waals surface area contributed by atoms with E-state index in [1.54, 1.807) is 18.5 Å². The molecule has 0 aromatic carbocycles. The van der Waals surface area contributed by atoms with Gasteiger partial charge < -0.3 is 9.30 Å². The van der Waals surface area contributed by atoms with E-state index >= 15 is 0 Å². The maximum Gasteiger partial charge on any atom is 0.261 e.